The Hall–Kier alpha value is -2.74. The number of amides is 2. The van der Waals surface area contributed by atoms with Gasteiger partial charge in [0.25, 0.3) is 0 Å². The number of ether oxygens (including phenoxy) is 1. The van der Waals surface area contributed by atoms with Crippen molar-refractivity contribution >= 4 is 29.1 Å². The van der Waals surface area contributed by atoms with Crippen molar-refractivity contribution < 1.29 is 18.7 Å². The molecule has 0 fully saturated rings. The van der Waals surface area contributed by atoms with Gasteiger partial charge in [0.1, 0.15) is 5.82 Å². The van der Waals surface area contributed by atoms with E-state index in [2.05, 4.69) is 10.2 Å². The van der Waals surface area contributed by atoms with Gasteiger partial charge < -0.3 is 10.1 Å². The molecule has 0 saturated heterocycles. The van der Waals surface area contributed by atoms with Gasteiger partial charge in [0.15, 0.2) is 5.78 Å². The fourth-order valence-corrected chi connectivity index (χ4v) is 3.84. The van der Waals surface area contributed by atoms with Crippen LogP contribution in [0.2, 0.25) is 5.02 Å². The molecule has 1 aliphatic rings. The van der Waals surface area contributed by atoms with Gasteiger partial charge in [0.2, 0.25) is 0 Å². The van der Waals surface area contributed by atoms with Crippen LogP contribution in [0.25, 0.3) is 0 Å². The lowest BCUT2D eigenvalue weighted by molar-refractivity contribution is -0.116. The van der Waals surface area contributed by atoms with E-state index in [1.807, 2.05) is 26.1 Å². The Bertz CT molecular complexity index is 1010. The summed E-state index contributed by atoms with van der Waals surface area (Å²) in [6.45, 7) is 3.82. The molecule has 6 nitrogen and oxygen atoms in total. The second-order valence-electron chi connectivity index (χ2n) is 7.88. The molecule has 0 aromatic heterocycles. The lowest BCUT2D eigenvalue weighted by Crippen LogP contribution is -2.37. The van der Waals surface area contributed by atoms with Gasteiger partial charge in [-0.2, -0.15) is 0 Å². The molecule has 0 aliphatic carbocycles. The van der Waals surface area contributed by atoms with Crippen molar-refractivity contribution in [3.63, 3.8) is 0 Å². The maximum atomic E-state index is 13.4. The van der Waals surface area contributed by atoms with Gasteiger partial charge in [-0.25, -0.2) is 9.18 Å². The number of carbonyl (C=O) groups is 2. The van der Waals surface area contributed by atoms with Crippen molar-refractivity contribution in [2.24, 2.45) is 0 Å². The summed E-state index contributed by atoms with van der Waals surface area (Å²) >= 11 is 6.44. The van der Waals surface area contributed by atoms with Crippen molar-refractivity contribution in [3.8, 4) is 0 Å². The SMILES string of the molecule is COCCN(C)Cc1cc(NC(=O)N2C=CC(=O)CC2c2ccc(F)cc2)c(C)cc1Cl. The highest BCUT2D eigenvalue weighted by Crippen LogP contribution is 2.31. The van der Waals surface area contributed by atoms with Crippen molar-refractivity contribution in [3.05, 3.63) is 76.2 Å². The van der Waals surface area contributed by atoms with Crippen LogP contribution in [0.5, 0.6) is 0 Å². The van der Waals surface area contributed by atoms with Crippen LogP contribution in [0.3, 0.4) is 0 Å². The number of likely N-dealkylation sites (N-methyl/N-ethyl adjacent to an activating group) is 1. The molecule has 2 aromatic carbocycles. The molecule has 1 unspecified atom stereocenters. The number of allylic oxidation sites excluding steroid dienone is 1. The Morgan fingerprint density at radius 2 is 2.03 bits per heavy atom. The van der Waals surface area contributed by atoms with Gasteiger partial charge in [-0.15, -0.1) is 0 Å². The second kappa shape index (κ2) is 10.7. The van der Waals surface area contributed by atoms with Crippen LogP contribution in [-0.2, 0) is 16.1 Å². The molecule has 170 valence electrons. The topological polar surface area (TPSA) is 61.9 Å². The predicted octanol–water partition coefficient (Wildman–Crippen LogP) is 4.93. The smallest absolute Gasteiger partial charge is 0.326 e. The van der Waals surface area contributed by atoms with E-state index in [-0.39, 0.29) is 24.1 Å². The lowest BCUT2D eigenvalue weighted by atomic mass is 9.97. The summed E-state index contributed by atoms with van der Waals surface area (Å²) < 4.78 is 18.5. The Balaban J connectivity index is 1.81. The molecule has 1 atom stereocenters. The van der Waals surface area contributed by atoms with Crippen LogP contribution in [0.15, 0.2) is 48.7 Å². The number of nitrogens with one attached hydrogen (secondary N) is 1. The predicted molar refractivity (Wildman–Crippen MR) is 123 cm³/mol. The summed E-state index contributed by atoms with van der Waals surface area (Å²) in [6, 6.07) is 8.62. The third-order valence-electron chi connectivity index (χ3n) is 5.39. The first-order valence-electron chi connectivity index (χ1n) is 10.3. The minimum Gasteiger partial charge on any atom is -0.383 e. The third kappa shape index (κ3) is 5.94. The highest BCUT2D eigenvalue weighted by molar-refractivity contribution is 6.31. The number of benzene rings is 2. The van der Waals surface area contributed by atoms with Crippen LogP contribution < -0.4 is 5.32 Å². The molecule has 1 aliphatic heterocycles. The molecule has 3 rings (SSSR count). The molecular formula is C24H27ClFN3O3. The standard InChI is InChI=1S/C24H27ClFN3O3/c1-16-12-21(25)18(15-28(2)10-11-32-3)13-22(16)27-24(31)29-9-8-20(30)14-23(29)17-4-6-19(26)7-5-17/h4-9,12-13,23H,10-11,14-15H2,1-3H3,(H,27,31). The molecule has 0 saturated carbocycles. The van der Waals surface area contributed by atoms with Crippen LogP contribution in [0, 0.1) is 12.7 Å². The molecule has 1 N–H and O–H groups in total. The highest BCUT2D eigenvalue weighted by atomic mass is 35.5. The van der Waals surface area contributed by atoms with Crippen LogP contribution >= 0.6 is 11.6 Å². The van der Waals surface area contributed by atoms with E-state index >= 15 is 0 Å². The number of hydrogen-bond donors (Lipinski definition) is 1. The van der Waals surface area contributed by atoms with Crippen molar-refractivity contribution in [1.29, 1.82) is 0 Å². The van der Waals surface area contributed by atoms with Crippen molar-refractivity contribution in [2.75, 3.05) is 32.6 Å². The molecule has 2 aromatic rings. The molecule has 32 heavy (non-hydrogen) atoms. The molecular weight excluding hydrogens is 433 g/mol. The van der Waals surface area contributed by atoms with E-state index in [0.717, 1.165) is 17.7 Å². The van der Waals surface area contributed by atoms with E-state index < -0.39 is 6.04 Å². The minimum atomic E-state index is -0.514. The van der Waals surface area contributed by atoms with Crippen molar-refractivity contribution in [2.45, 2.75) is 25.9 Å². The number of ketones is 1. The number of anilines is 1. The third-order valence-corrected chi connectivity index (χ3v) is 5.74. The zero-order chi connectivity index (χ0) is 23.3. The number of hydrogen-bond acceptors (Lipinski definition) is 4. The molecule has 0 radical (unpaired) electrons. The van der Waals surface area contributed by atoms with Crippen LogP contribution in [0.1, 0.15) is 29.2 Å². The molecule has 8 heteroatoms. The normalized spacial score (nSPS) is 16.0. The van der Waals surface area contributed by atoms with Gasteiger partial charge in [-0.1, -0.05) is 23.7 Å². The Morgan fingerprint density at radius 1 is 1.31 bits per heavy atom. The first kappa shape index (κ1) is 23.9. The number of rotatable bonds is 7. The molecule has 0 spiro atoms. The fourth-order valence-electron chi connectivity index (χ4n) is 3.57. The summed E-state index contributed by atoms with van der Waals surface area (Å²) in [5, 5.41) is 3.56. The summed E-state index contributed by atoms with van der Waals surface area (Å²) in [4.78, 5) is 28.7. The largest absolute Gasteiger partial charge is 0.383 e. The van der Waals surface area contributed by atoms with Crippen LogP contribution in [-0.4, -0.2) is 48.9 Å². The maximum Gasteiger partial charge on any atom is 0.326 e. The van der Waals surface area contributed by atoms with Gasteiger partial charge in [0.05, 0.1) is 12.6 Å². The maximum absolute atomic E-state index is 13.4. The lowest BCUT2D eigenvalue weighted by Gasteiger charge is -2.31. The number of aryl methyl sites for hydroxylation is 1. The Labute approximate surface area is 192 Å². The average Bonchev–Trinajstić information content (AvgIpc) is 2.76. The molecule has 1 heterocycles. The minimum absolute atomic E-state index is 0.0903. The van der Waals surface area contributed by atoms with Crippen molar-refractivity contribution in [1.82, 2.24) is 9.80 Å². The van der Waals surface area contributed by atoms with E-state index in [0.29, 0.717) is 29.4 Å². The van der Waals surface area contributed by atoms with Crippen LogP contribution in [0.4, 0.5) is 14.9 Å². The van der Waals surface area contributed by atoms with Gasteiger partial charge in [-0.05, 0) is 61.0 Å². The summed E-state index contributed by atoms with van der Waals surface area (Å²) in [5.41, 5.74) is 3.03. The fraction of sp³-hybridized carbons (Fsp3) is 0.333. The zero-order valence-electron chi connectivity index (χ0n) is 18.4. The Kier molecular flexibility index (Phi) is 8.01. The van der Waals surface area contributed by atoms with Gasteiger partial charge in [-0.3, -0.25) is 14.6 Å². The summed E-state index contributed by atoms with van der Waals surface area (Å²) in [5.74, 6) is -0.463. The van der Waals surface area contributed by atoms with Gasteiger partial charge >= 0.3 is 6.03 Å². The molecule has 0 bridgehead atoms. The number of urea groups is 1. The van der Waals surface area contributed by atoms with E-state index in [1.165, 1.54) is 29.3 Å². The monoisotopic (exact) mass is 459 g/mol. The van der Waals surface area contributed by atoms with Gasteiger partial charge in [0, 0.05) is 43.5 Å². The number of methoxy groups -OCH3 is 1. The average molecular weight is 460 g/mol. The quantitative estimate of drug-likeness (QED) is 0.638. The second-order valence-corrected chi connectivity index (χ2v) is 8.29. The Morgan fingerprint density at radius 3 is 2.72 bits per heavy atom. The van der Waals surface area contributed by atoms with E-state index in [4.69, 9.17) is 16.3 Å². The highest BCUT2D eigenvalue weighted by Gasteiger charge is 2.29. The molecule has 2 amide bonds. The zero-order valence-corrected chi connectivity index (χ0v) is 19.2. The number of halogens is 2. The first-order chi connectivity index (χ1) is 15.3. The first-order valence-corrected chi connectivity index (χ1v) is 10.7. The summed E-state index contributed by atoms with van der Waals surface area (Å²) in [7, 11) is 3.62. The van der Waals surface area contributed by atoms with E-state index in [1.54, 1.807) is 19.2 Å². The number of nitrogens with zero attached hydrogens (tertiary/aromatic N) is 2. The van der Waals surface area contributed by atoms with E-state index in [9.17, 15) is 14.0 Å². The summed E-state index contributed by atoms with van der Waals surface area (Å²) in [6.07, 6.45) is 2.98. The number of carbonyl (C=O) groups excluding carboxylic acids is 2.